The highest BCUT2D eigenvalue weighted by molar-refractivity contribution is 6.31. The Morgan fingerprint density at radius 3 is 2.79 bits per heavy atom. The number of ether oxygens (including phenoxy) is 1. The second kappa shape index (κ2) is 9.16. The Bertz CT molecular complexity index is 371. The summed E-state index contributed by atoms with van der Waals surface area (Å²) in [7, 11) is 1.88. The molecule has 108 valence electrons. The zero-order valence-corrected chi connectivity index (χ0v) is 13.0. The highest BCUT2D eigenvalue weighted by Gasteiger charge is 2.09. The fourth-order valence-electron chi connectivity index (χ4n) is 1.94. The number of hydrogen-bond acceptors (Lipinski definition) is 3. The molecule has 0 saturated heterocycles. The van der Waals surface area contributed by atoms with Crippen LogP contribution in [0.3, 0.4) is 0 Å². The van der Waals surface area contributed by atoms with Crippen LogP contribution in [-0.2, 0) is 6.54 Å². The number of aromatic nitrogens is 1. The summed E-state index contributed by atoms with van der Waals surface area (Å²) in [5.41, 5.74) is 0.836. The molecule has 1 heterocycles. The van der Waals surface area contributed by atoms with Gasteiger partial charge in [-0.2, -0.15) is 0 Å². The van der Waals surface area contributed by atoms with Crippen LogP contribution in [-0.4, -0.2) is 18.6 Å². The number of pyridine rings is 1. The molecule has 4 heteroatoms. The average Bonchev–Trinajstić information content (AvgIpc) is 2.42. The zero-order chi connectivity index (χ0) is 14.1. The maximum absolute atomic E-state index is 6.08. The van der Waals surface area contributed by atoms with Crippen molar-refractivity contribution in [1.82, 2.24) is 10.3 Å². The molecule has 1 unspecified atom stereocenters. The zero-order valence-electron chi connectivity index (χ0n) is 12.2. The Labute approximate surface area is 121 Å². The largest absolute Gasteiger partial charge is 0.477 e. The van der Waals surface area contributed by atoms with Crippen LogP contribution in [0.5, 0.6) is 5.88 Å². The molecule has 0 saturated carbocycles. The predicted molar refractivity (Wildman–Crippen MR) is 80.8 cm³/mol. The molecule has 1 N–H and O–H groups in total. The summed E-state index contributed by atoms with van der Waals surface area (Å²) in [5.74, 6) is 1.29. The molecule has 1 aromatic heterocycles. The Morgan fingerprint density at radius 2 is 2.16 bits per heavy atom. The molecule has 0 aromatic carbocycles. The van der Waals surface area contributed by atoms with Crippen LogP contribution in [0.4, 0.5) is 0 Å². The van der Waals surface area contributed by atoms with Crippen LogP contribution in [0.1, 0.15) is 45.2 Å². The first-order valence-corrected chi connectivity index (χ1v) is 7.51. The summed E-state index contributed by atoms with van der Waals surface area (Å²) in [6.07, 6.45) is 4.88. The fraction of sp³-hybridized carbons (Fsp3) is 0.667. The van der Waals surface area contributed by atoms with Crippen LogP contribution < -0.4 is 10.1 Å². The minimum atomic E-state index is 0.616. The van der Waals surface area contributed by atoms with E-state index in [1.807, 2.05) is 19.2 Å². The number of rotatable bonds is 9. The van der Waals surface area contributed by atoms with Gasteiger partial charge in [-0.15, -0.1) is 0 Å². The summed E-state index contributed by atoms with van der Waals surface area (Å²) in [4.78, 5) is 4.43. The monoisotopic (exact) mass is 284 g/mol. The molecular weight excluding hydrogens is 260 g/mol. The molecule has 0 bridgehead atoms. The second-order valence-electron chi connectivity index (χ2n) is 4.84. The SMILES string of the molecule is CCCCC(CC)COc1ccc(Cl)c(CNC)n1. The van der Waals surface area contributed by atoms with E-state index in [0.29, 0.717) is 23.4 Å². The van der Waals surface area contributed by atoms with E-state index in [1.54, 1.807) is 0 Å². The van der Waals surface area contributed by atoms with Gasteiger partial charge in [0.15, 0.2) is 0 Å². The van der Waals surface area contributed by atoms with Crippen molar-refractivity contribution >= 4 is 11.6 Å². The van der Waals surface area contributed by atoms with E-state index >= 15 is 0 Å². The van der Waals surface area contributed by atoms with E-state index in [0.717, 1.165) is 18.7 Å². The Balaban J connectivity index is 2.54. The lowest BCUT2D eigenvalue weighted by molar-refractivity contribution is 0.225. The van der Waals surface area contributed by atoms with Crippen molar-refractivity contribution < 1.29 is 4.74 Å². The van der Waals surface area contributed by atoms with Gasteiger partial charge in [-0.25, -0.2) is 4.98 Å². The number of nitrogens with zero attached hydrogens (tertiary/aromatic N) is 1. The summed E-state index contributed by atoms with van der Waals surface area (Å²) < 4.78 is 5.80. The second-order valence-corrected chi connectivity index (χ2v) is 5.24. The van der Waals surface area contributed by atoms with E-state index in [9.17, 15) is 0 Å². The topological polar surface area (TPSA) is 34.1 Å². The van der Waals surface area contributed by atoms with E-state index in [4.69, 9.17) is 16.3 Å². The van der Waals surface area contributed by atoms with Gasteiger partial charge in [0.05, 0.1) is 17.3 Å². The van der Waals surface area contributed by atoms with Crippen LogP contribution in [0.25, 0.3) is 0 Å². The third kappa shape index (κ3) is 5.79. The molecule has 0 aliphatic heterocycles. The first-order chi connectivity index (χ1) is 9.21. The maximum atomic E-state index is 6.08. The minimum absolute atomic E-state index is 0.616. The Hall–Kier alpha value is -0.800. The molecule has 0 fully saturated rings. The number of unbranched alkanes of at least 4 members (excludes halogenated alkanes) is 1. The fourth-order valence-corrected chi connectivity index (χ4v) is 2.11. The van der Waals surface area contributed by atoms with Gasteiger partial charge in [-0.1, -0.05) is 44.7 Å². The molecule has 1 rings (SSSR count). The van der Waals surface area contributed by atoms with Crippen molar-refractivity contribution in [3.8, 4) is 5.88 Å². The van der Waals surface area contributed by atoms with Crippen molar-refractivity contribution in [1.29, 1.82) is 0 Å². The molecule has 0 spiro atoms. The average molecular weight is 285 g/mol. The van der Waals surface area contributed by atoms with Crippen molar-refractivity contribution in [2.24, 2.45) is 5.92 Å². The summed E-state index contributed by atoms with van der Waals surface area (Å²) in [6.45, 7) is 5.83. The van der Waals surface area contributed by atoms with Gasteiger partial charge in [0.25, 0.3) is 0 Å². The quantitative estimate of drug-likeness (QED) is 0.743. The van der Waals surface area contributed by atoms with Crippen molar-refractivity contribution in [3.05, 3.63) is 22.8 Å². The Kier molecular flexibility index (Phi) is 7.84. The molecule has 1 atom stereocenters. The molecule has 0 radical (unpaired) electrons. The van der Waals surface area contributed by atoms with Crippen molar-refractivity contribution in [2.75, 3.05) is 13.7 Å². The lowest BCUT2D eigenvalue weighted by atomic mass is 10.0. The smallest absolute Gasteiger partial charge is 0.213 e. The summed E-state index contributed by atoms with van der Waals surface area (Å²) in [6, 6.07) is 3.69. The minimum Gasteiger partial charge on any atom is -0.477 e. The van der Waals surface area contributed by atoms with Crippen molar-refractivity contribution in [2.45, 2.75) is 46.1 Å². The number of hydrogen-bond donors (Lipinski definition) is 1. The van der Waals surface area contributed by atoms with Crippen LogP contribution in [0.15, 0.2) is 12.1 Å². The predicted octanol–water partition coefficient (Wildman–Crippen LogP) is 4.05. The van der Waals surface area contributed by atoms with Gasteiger partial charge in [-0.05, 0) is 25.5 Å². The van der Waals surface area contributed by atoms with Gasteiger partial charge < -0.3 is 10.1 Å². The van der Waals surface area contributed by atoms with Crippen LogP contribution >= 0.6 is 11.6 Å². The normalized spacial score (nSPS) is 12.4. The first-order valence-electron chi connectivity index (χ1n) is 7.14. The molecule has 1 aromatic rings. The van der Waals surface area contributed by atoms with E-state index in [2.05, 4.69) is 24.1 Å². The van der Waals surface area contributed by atoms with Gasteiger partial charge in [0, 0.05) is 12.6 Å². The molecule has 0 amide bonds. The number of halogens is 1. The van der Waals surface area contributed by atoms with Gasteiger partial charge in [0.1, 0.15) is 0 Å². The van der Waals surface area contributed by atoms with E-state index in [-0.39, 0.29) is 0 Å². The van der Waals surface area contributed by atoms with Gasteiger partial charge >= 0.3 is 0 Å². The lowest BCUT2D eigenvalue weighted by Crippen LogP contribution is -2.13. The summed E-state index contributed by atoms with van der Waals surface area (Å²) in [5, 5.41) is 3.73. The van der Waals surface area contributed by atoms with E-state index < -0.39 is 0 Å². The standard InChI is InChI=1S/C15H25ClN2O/c1-4-6-7-12(5-2)11-19-15-9-8-13(16)14(18-15)10-17-3/h8-9,12,17H,4-7,10-11H2,1-3H3. The summed E-state index contributed by atoms with van der Waals surface area (Å²) >= 11 is 6.08. The third-order valence-corrected chi connectivity index (χ3v) is 3.59. The van der Waals surface area contributed by atoms with Gasteiger partial charge in [0.2, 0.25) is 5.88 Å². The molecule has 0 aliphatic rings. The Morgan fingerprint density at radius 1 is 1.37 bits per heavy atom. The van der Waals surface area contributed by atoms with E-state index in [1.165, 1.54) is 19.3 Å². The molecule has 0 aliphatic carbocycles. The number of nitrogens with one attached hydrogen (secondary N) is 1. The highest BCUT2D eigenvalue weighted by atomic mass is 35.5. The van der Waals surface area contributed by atoms with Crippen LogP contribution in [0.2, 0.25) is 5.02 Å². The molecule has 19 heavy (non-hydrogen) atoms. The van der Waals surface area contributed by atoms with Crippen molar-refractivity contribution in [3.63, 3.8) is 0 Å². The third-order valence-electron chi connectivity index (χ3n) is 3.25. The first kappa shape index (κ1) is 16.3. The van der Waals surface area contributed by atoms with Crippen LogP contribution in [0, 0.1) is 5.92 Å². The maximum Gasteiger partial charge on any atom is 0.213 e. The van der Waals surface area contributed by atoms with Gasteiger partial charge in [-0.3, -0.25) is 0 Å². The lowest BCUT2D eigenvalue weighted by Gasteiger charge is -2.15. The molecular formula is C15H25ClN2O. The highest BCUT2D eigenvalue weighted by Crippen LogP contribution is 2.19. The molecule has 3 nitrogen and oxygen atoms in total.